The number of nitrogens with one attached hydrogen (secondary N) is 2. The lowest BCUT2D eigenvalue weighted by atomic mass is 9.82. The largest absolute Gasteiger partial charge is 0.345 e. The average Bonchev–Trinajstić information content (AvgIpc) is 3.70. The van der Waals surface area contributed by atoms with Crippen LogP contribution in [0, 0.1) is 0 Å². The van der Waals surface area contributed by atoms with Gasteiger partial charge in [-0.15, -0.1) is 20.4 Å². The van der Waals surface area contributed by atoms with E-state index in [2.05, 4.69) is 45.9 Å². The number of pyridine rings is 2. The lowest BCUT2D eigenvalue weighted by molar-refractivity contribution is -0.116. The first-order valence-corrected chi connectivity index (χ1v) is 16.8. The van der Waals surface area contributed by atoms with Crippen LogP contribution in [0.5, 0.6) is 0 Å². The monoisotopic (exact) mass is 662 g/mol. The highest BCUT2D eigenvalue weighted by Crippen LogP contribution is 2.43. The van der Waals surface area contributed by atoms with Crippen LogP contribution in [0.15, 0.2) is 36.7 Å². The number of carbonyl (C=O) groups is 3. The highest BCUT2D eigenvalue weighted by Gasteiger charge is 2.29. The summed E-state index contributed by atoms with van der Waals surface area (Å²) in [5.74, 6) is -0.0961. The number of nitrogens with zero attached hydrogens (tertiary/aromatic N) is 8. The standard InChI is InChI=1S/C31H38N10O3S2/c1-40(2)18-19-8-10-23(32-16-19)12-13-25(42)34-30-38-36-27(45-30)20-6-5-7-21(14-20)28-37-39-31(46-28)35-26(43)15-24-11-9-22(17-33-24)29(44)41(3)4/h8-11,16-17,20-21H,5-7,12-15,18H2,1-4H3,(H,34,38,42)(H,35,39,43)/t20-,21-/m0/s1. The molecule has 4 aromatic rings. The van der Waals surface area contributed by atoms with Gasteiger partial charge in [0.05, 0.1) is 12.0 Å². The molecule has 0 unspecified atom stereocenters. The molecule has 1 fully saturated rings. The second-order valence-corrected chi connectivity index (χ2v) is 13.9. The predicted octanol–water partition coefficient (Wildman–Crippen LogP) is 4.14. The van der Waals surface area contributed by atoms with E-state index >= 15 is 0 Å². The van der Waals surface area contributed by atoms with E-state index in [0.29, 0.717) is 34.4 Å². The van der Waals surface area contributed by atoms with E-state index in [1.165, 1.54) is 33.8 Å². The zero-order chi connectivity index (χ0) is 32.6. The smallest absolute Gasteiger partial charge is 0.254 e. The van der Waals surface area contributed by atoms with Crippen LogP contribution >= 0.6 is 22.7 Å². The van der Waals surface area contributed by atoms with Gasteiger partial charge in [-0.3, -0.25) is 24.4 Å². The second-order valence-electron chi connectivity index (χ2n) is 11.9. The van der Waals surface area contributed by atoms with Crippen molar-refractivity contribution in [1.29, 1.82) is 0 Å². The first kappa shape index (κ1) is 33.2. The zero-order valence-corrected chi connectivity index (χ0v) is 28.0. The number of hydrogen-bond donors (Lipinski definition) is 2. The van der Waals surface area contributed by atoms with E-state index in [9.17, 15) is 14.4 Å². The maximum atomic E-state index is 12.6. The summed E-state index contributed by atoms with van der Waals surface area (Å²) in [5, 5.41) is 25.7. The third-order valence-corrected chi connectivity index (χ3v) is 9.56. The van der Waals surface area contributed by atoms with Gasteiger partial charge in [-0.05, 0) is 63.5 Å². The van der Waals surface area contributed by atoms with E-state index < -0.39 is 0 Å². The molecule has 242 valence electrons. The number of aromatic nitrogens is 6. The molecule has 1 aliphatic rings. The van der Waals surface area contributed by atoms with Crippen molar-refractivity contribution < 1.29 is 14.4 Å². The Bertz CT molecular complexity index is 1640. The van der Waals surface area contributed by atoms with Crippen molar-refractivity contribution in [2.24, 2.45) is 0 Å². The summed E-state index contributed by atoms with van der Waals surface area (Å²) >= 11 is 2.81. The summed E-state index contributed by atoms with van der Waals surface area (Å²) in [6.07, 6.45) is 8.10. The lowest BCUT2D eigenvalue weighted by Gasteiger charge is -2.25. The molecule has 46 heavy (non-hydrogen) atoms. The topological polar surface area (TPSA) is 159 Å². The highest BCUT2D eigenvalue weighted by atomic mass is 32.1. The minimum Gasteiger partial charge on any atom is -0.345 e. The van der Waals surface area contributed by atoms with Crippen molar-refractivity contribution >= 4 is 50.7 Å². The molecule has 4 heterocycles. The Morgan fingerprint density at radius 1 is 0.804 bits per heavy atom. The van der Waals surface area contributed by atoms with Crippen molar-refractivity contribution in [2.75, 3.05) is 38.8 Å². The third kappa shape index (κ3) is 9.17. The molecule has 0 aromatic carbocycles. The van der Waals surface area contributed by atoms with Crippen LogP contribution in [0.2, 0.25) is 0 Å². The number of rotatable bonds is 12. The first-order valence-electron chi connectivity index (χ1n) is 15.1. The quantitative estimate of drug-likeness (QED) is 0.226. The third-order valence-electron chi connectivity index (χ3n) is 7.56. The van der Waals surface area contributed by atoms with E-state index in [1.54, 1.807) is 26.2 Å². The number of carbonyl (C=O) groups excluding carboxylic acids is 3. The van der Waals surface area contributed by atoms with Gasteiger partial charge < -0.3 is 20.4 Å². The van der Waals surface area contributed by atoms with Gasteiger partial charge in [0.25, 0.3) is 5.91 Å². The summed E-state index contributed by atoms with van der Waals surface area (Å²) < 4.78 is 0. The maximum absolute atomic E-state index is 12.6. The van der Waals surface area contributed by atoms with Crippen LogP contribution in [-0.4, -0.2) is 86.1 Å². The molecule has 5 rings (SSSR count). The summed E-state index contributed by atoms with van der Waals surface area (Å²) in [5.41, 5.74) is 3.04. The number of amides is 3. The second kappa shape index (κ2) is 15.4. The number of aryl methyl sites for hydroxylation is 1. The van der Waals surface area contributed by atoms with E-state index in [1.807, 2.05) is 32.4 Å². The molecule has 3 amide bonds. The SMILES string of the molecule is CN(C)Cc1ccc(CCC(=O)Nc2nnc([C@H]3CCC[C@H](c4nnc(NC(=O)Cc5ccc(C(=O)N(C)C)cn5)s4)C3)s2)nc1. The van der Waals surface area contributed by atoms with Crippen LogP contribution in [-0.2, 0) is 29.0 Å². The molecule has 15 heteroatoms. The minimum atomic E-state index is -0.249. The molecule has 0 spiro atoms. The van der Waals surface area contributed by atoms with Gasteiger partial charge >= 0.3 is 0 Å². The Morgan fingerprint density at radius 2 is 1.43 bits per heavy atom. The fourth-order valence-electron chi connectivity index (χ4n) is 5.27. The lowest BCUT2D eigenvalue weighted by Crippen LogP contribution is -2.22. The Morgan fingerprint density at radius 3 is 2.00 bits per heavy atom. The molecule has 0 radical (unpaired) electrons. The van der Waals surface area contributed by atoms with Crippen molar-refractivity contribution in [2.45, 2.75) is 63.3 Å². The molecule has 0 aliphatic heterocycles. The summed E-state index contributed by atoms with van der Waals surface area (Å²) in [6, 6.07) is 7.36. The normalized spacial score (nSPS) is 16.3. The summed E-state index contributed by atoms with van der Waals surface area (Å²) in [6.45, 7) is 0.826. The highest BCUT2D eigenvalue weighted by molar-refractivity contribution is 7.15. The molecular weight excluding hydrogens is 625 g/mol. The minimum absolute atomic E-state index is 0.0633. The summed E-state index contributed by atoms with van der Waals surface area (Å²) in [7, 11) is 7.38. The fraction of sp³-hybridized carbons (Fsp3) is 0.452. The first-order chi connectivity index (χ1) is 22.1. The van der Waals surface area contributed by atoms with Gasteiger partial charge in [0, 0.05) is 62.7 Å². The van der Waals surface area contributed by atoms with Crippen LogP contribution < -0.4 is 10.6 Å². The molecule has 1 aliphatic carbocycles. The summed E-state index contributed by atoms with van der Waals surface area (Å²) in [4.78, 5) is 49.6. The molecule has 2 atom stereocenters. The number of hydrogen-bond acceptors (Lipinski definition) is 12. The zero-order valence-electron chi connectivity index (χ0n) is 26.4. The molecule has 2 N–H and O–H groups in total. The van der Waals surface area contributed by atoms with Gasteiger partial charge in [-0.2, -0.15) is 0 Å². The maximum Gasteiger partial charge on any atom is 0.254 e. The number of anilines is 2. The Hall–Kier alpha value is -4.21. The Kier molecular flexibility index (Phi) is 11.1. The van der Waals surface area contributed by atoms with Crippen molar-refractivity contribution in [1.82, 2.24) is 40.2 Å². The molecular formula is C31H38N10O3S2. The molecule has 0 saturated heterocycles. The van der Waals surface area contributed by atoms with E-state index in [0.717, 1.165) is 53.5 Å². The molecule has 4 aromatic heterocycles. The van der Waals surface area contributed by atoms with Crippen molar-refractivity contribution in [3.8, 4) is 0 Å². The van der Waals surface area contributed by atoms with Crippen molar-refractivity contribution in [3.63, 3.8) is 0 Å². The van der Waals surface area contributed by atoms with Crippen LogP contribution in [0.3, 0.4) is 0 Å². The van der Waals surface area contributed by atoms with Crippen LogP contribution in [0.4, 0.5) is 10.3 Å². The van der Waals surface area contributed by atoms with Gasteiger partial charge in [-0.25, -0.2) is 0 Å². The Balaban J connectivity index is 1.09. The van der Waals surface area contributed by atoms with Crippen molar-refractivity contribution in [3.05, 3.63) is 69.2 Å². The fourth-order valence-corrected chi connectivity index (χ4v) is 7.08. The van der Waals surface area contributed by atoms with Gasteiger partial charge in [0.2, 0.25) is 22.1 Å². The molecule has 1 saturated carbocycles. The van der Waals surface area contributed by atoms with Gasteiger partial charge in [0.1, 0.15) is 10.0 Å². The average molecular weight is 663 g/mol. The van der Waals surface area contributed by atoms with Crippen LogP contribution in [0.25, 0.3) is 0 Å². The molecule has 0 bridgehead atoms. The van der Waals surface area contributed by atoms with Gasteiger partial charge in [0.15, 0.2) is 0 Å². The van der Waals surface area contributed by atoms with E-state index in [-0.39, 0.29) is 36.0 Å². The van der Waals surface area contributed by atoms with Crippen LogP contribution in [0.1, 0.15) is 81.3 Å². The van der Waals surface area contributed by atoms with Gasteiger partial charge in [-0.1, -0.05) is 35.2 Å². The Labute approximate surface area is 275 Å². The molecule has 13 nitrogen and oxygen atoms in total. The predicted molar refractivity (Wildman–Crippen MR) is 177 cm³/mol. The van der Waals surface area contributed by atoms with E-state index in [4.69, 9.17) is 0 Å².